The molecule has 2 N–H and O–H groups in total. The van der Waals surface area contributed by atoms with E-state index < -0.39 is 10.0 Å². The monoisotopic (exact) mass is 432 g/mol. The molecule has 0 saturated carbocycles. The van der Waals surface area contributed by atoms with Gasteiger partial charge < -0.3 is 5.32 Å². The maximum atomic E-state index is 13.1. The molecule has 0 atom stereocenters. The topological polar surface area (TPSA) is 101 Å². The van der Waals surface area contributed by atoms with E-state index >= 15 is 0 Å². The fourth-order valence-corrected chi connectivity index (χ4v) is 4.26. The molecule has 2 aromatic carbocycles. The molecule has 31 heavy (non-hydrogen) atoms. The van der Waals surface area contributed by atoms with E-state index in [-0.39, 0.29) is 10.8 Å². The quantitative estimate of drug-likeness (QED) is 0.482. The summed E-state index contributed by atoms with van der Waals surface area (Å²) in [4.78, 5) is 22.0. The SMILES string of the molecule is CCNS(=O)(=O)c1ccc(NC(=O)c2cc(-c3ccncc3)nc3ccccc23)cc1. The molecule has 0 aliphatic rings. The lowest BCUT2D eigenvalue weighted by atomic mass is 10.0. The van der Waals surface area contributed by atoms with Crippen molar-refractivity contribution in [3.8, 4) is 11.3 Å². The highest BCUT2D eigenvalue weighted by Crippen LogP contribution is 2.25. The van der Waals surface area contributed by atoms with Gasteiger partial charge in [0.25, 0.3) is 5.91 Å². The maximum absolute atomic E-state index is 13.1. The number of sulfonamides is 1. The maximum Gasteiger partial charge on any atom is 0.256 e. The van der Waals surface area contributed by atoms with Crippen LogP contribution in [0.5, 0.6) is 0 Å². The van der Waals surface area contributed by atoms with Gasteiger partial charge >= 0.3 is 0 Å². The van der Waals surface area contributed by atoms with Crippen molar-refractivity contribution in [3.05, 3.63) is 84.7 Å². The molecular formula is C23H20N4O3S. The number of carbonyl (C=O) groups excluding carboxylic acids is 1. The lowest BCUT2D eigenvalue weighted by Gasteiger charge is -2.11. The molecule has 8 heteroatoms. The van der Waals surface area contributed by atoms with Crippen molar-refractivity contribution in [1.82, 2.24) is 14.7 Å². The minimum Gasteiger partial charge on any atom is -0.322 e. The molecule has 0 saturated heterocycles. The zero-order chi connectivity index (χ0) is 21.8. The van der Waals surface area contributed by atoms with Crippen molar-refractivity contribution in [2.75, 3.05) is 11.9 Å². The number of hydrogen-bond acceptors (Lipinski definition) is 5. The minimum absolute atomic E-state index is 0.140. The Hall–Kier alpha value is -3.62. The fraction of sp³-hybridized carbons (Fsp3) is 0.0870. The van der Waals surface area contributed by atoms with Crippen molar-refractivity contribution in [3.63, 3.8) is 0 Å². The van der Waals surface area contributed by atoms with Crippen LogP contribution in [0, 0.1) is 0 Å². The number of nitrogens with zero attached hydrogens (tertiary/aromatic N) is 2. The molecule has 4 aromatic rings. The number of hydrogen-bond donors (Lipinski definition) is 2. The number of fused-ring (bicyclic) bond motifs is 1. The smallest absolute Gasteiger partial charge is 0.256 e. The number of amides is 1. The molecule has 2 aromatic heterocycles. The first-order chi connectivity index (χ1) is 15.0. The van der Waals surface area contributed by atoms with Gasteiger partial charge in [-0.05, 0) is 48.5 Å². The first-order valence-electron chi connectivity index (χ1n) is 9.69. The Morgan fingerprint density at radius 3 is 2.39 bits per heavy atom. The molecular weight excluding hydrogens is 412 g/mol. The van der Waals surface area contributed by atoms with Crippen LogP contribution >= 0.6 is 0 Å². The van der Waals surface area contributed by atoms with Crippen LogP contribution in [-0.2, 0) is 10.0 Å². The average Bonchev–Trinajstić information content (AvgIpc) is 2.79. The molecule has 2 heterocycles. The van der Waals surface area contributed by atoms with Gasteiger partial charge in [-0.15, -0.1) is 0 Å². The summed E-state index contributed by atoms with van der Waals surface area (Å²) in [5.41, 5.74) is 3.19. The number of benzene rings is 2. The highest BCUT2D eigenvalue weighted by atomic mass is 32.2. The molecule has 0 fully saturated rings. The van der Waals surface area contributed by atoms with Crippen molar-refractivity contribution in [1.29, 1.82) is 0 Å². The van der Waals surface area contributed by atoms with Crippen LogP contribution in [0.3, 0.4) is 0 Å². The summed E-state index contributed by atoms with van der Waals surface area (Å²) in [6, 6.07) is 18.9. The van der Waals surface area contributed by atoms with E-state index in [1.807, 2.05) is 36.4 Å². The van der Waals surface area contributed by atoms with E-state index in [1.165, 1.54) is 12.1 Å². The van der Waals surface area contributed by atoms with Gasteiger partial charge in [-0.2, -0.15) is 0 Å². The van der Waals surface area contributed by atoms with E-state index in [2.05, 4.69) is 20.0 Å². The Morgan fingerprint density at radius 1 is 0.968 bits per heavy atom. The predicted octanol–water partition coefficient (Wildman–Crippen LogP) is 3.85. The molecule has 0 radical (unpaired) electrons. The Balaban J connectivity index is 1.68. The second kappa shape index (κ2) is 8.63. The van der Waals surface area contributed by atoms with E-state index in [0.717, 1.165) is 10.9 Å². The molecule has 1 amide bonds. The first kappa shape index (κ1) is 20.6. The highest BCUT2D eigenvalue weighted by Gasteiger charge is 2.16. The van der Waals surface area contributed by atoms with E-state index in [4.69, 9.17) is 0 Å². The summed E-state index contributed by atoms with van der Waals surface area (Å²) in [6.45, 7) is 2.02. The van der Waals surface area contributed by atoms with Crippen molar-refractivity contribution in [2.24, 2.45) is 0 Å². The molecule has 0 bridgehead atoms. The van der Waals surface area contributed by atoms with Gasteiger partial charge in [0.05, 0.1) is 21.7 Å². The highest BCUT2D eigenvalue weighted by molar-refractivity contribution is 7.89. The second-order valence-electron chi connectivity index (χ2n) is 6.79. The Kier molecular flexibility index (Phi) is 5.75. The number of pyridine rings is 2. The van der Waals surface area contributed by atoms with Gasteiger partial charge in [0.1, 0.15) is 0 Å². The molecule has 7 nitrogen and oxygen atoms in total. The van der Waals surface area contributed by atoms with Crippen LogP contribution < -0.4 is 10.0 Å². The minimum atomic E-state index is -3.55. The number of para-hydroxylation sites is 1. The molecule has 156 valence electrons. The molecule has 0 spiro atoms. The third-order valence-corrected chi connectivity index (χ3v) is 6.26. The van der Waals surface area contributed by atoms with E-state index in [1.54, 1.807) is 37.5 Å². The third-order valence-electron chi connectivity index (χ3n) is 4.69. The lowest BCUT2D eigenvalue weighted by Crippen LogP contribution is -2.23. The third kappa shape index (κ3) is 4.45. The van der Waals surface area contributed by atoms with Crippen molar-refractivity contribution >= 4 is 32.5 Å². The number of carbonyl (C=O) groups is 1. The predicted molar refractivity (Wildman–Crippen MR) is 120 cm³/mol. The van der Waals surface area contributed by atoms with Gasteiger partial charge in [0.15, 0.2) is 0 Å². The molecule has 0 aliphatic carbocycles. The van der Waals surface area contributed by atoms with Crippen LogP contribution in [0.2, 0.25) is 0 Å². The van der Waals surface area contributed by atoms with Crippen LogP contribution in [-0.4, -0.2) is 30.8 Å². The summed E-state index contributed by atoms with van der Waals surface area (Å²) in [5.74, 6) is -0.309. The number of rotatable bonds is 6. The Labute approximate surface area is 180 Å². The normalized spacial score (nSPS) is 11.4. The molecule has 4 rings (SSSR count). The van der Waals surface area contributed by atoms with Gasteiger partial charge in [0.2, 0.25) is 10.0 Å². The molecule has 0 aliphatic heterocycles. The Bertz CT molecular complexity index is 1340. The van der Waals surface area contributed by atoms with Gasteiger partial charge in [-0.25, -0.2) is 18.1 Å². The summed E-state index contributed by atoms with van der Waals surface area (Å²) in [6.07, 6.45) is 3.35. The Morgan fingerprint density at radius 2 is 1.68 bits per heavy atom. The van der Waals surface area contributed by atoms with Gasteiger partial charge in [0, 0.05) is 35.6 Å². The number of anilines is 1. The largest absolute Gasteiger partial charge is 0.322 e. The van der Waals surface area contributed by atoms with Gasteiger partial charge in [-0.3, -0.25) is 9.78 Å². The van der Waals surface area contributed by atoms with Crippen LogP contribution in [0.25, 0.3) is 22.2 Å². The van der Waals surface area contributed by atoms with Crippen LogP contribution in [0.15, 0.2) is 84.0 Å². The first-order valence-corrected chi connectivity index (χ1v) is 11.2. The summed E-state index contributed by atoms with van der Waals surface area (Å²) < 4.78 is 26.6. The lowest BCUT2D eigenvalue weighted by molar-refractivity contribution is 0.102. The van der Waals surface area contributed by atoms with Crippen molar-refractivity contribution in [2.45, 2.75) is 11.8 Å². The second-order valence-corrected chi connectivity index (χ2v) is 8.55. The van der Waals surface area contributed by atoms with Gasteiger partial charge in [-0.1, -0.05) is 25.1 Å². The summed E-state index contributed by atoms with van der Waals surface area (Å²) in [5, 5.41) is 3.57. The number of nitrogens with one attached hydrogen (secondary N) is 2. The van der Waals surface area contributed by atoms with E-state index in [9.17, 15) is 13.2 Å². The van der Waals surface area contributed by atoms with Crippen molar-refractivity contribution < 1.29 is 13.2 Å². The zero-order valence-corrected chi connectivity index (χ0v) is 17.6. The fourth-order valence-electron chi connectivity index (χ4n) is 3.22. The molecule has 0 unspecified atom stereocenters. The van der Waals surface area contributed by atoms with Crippen LogP contribution in [0.1, 0.15) is 17.3 Å². The van der Waals surface area contributed by atoms with E-state index in [0.29, 0.717) is 29.0 Å². The zero-order valence-electron chi connectivity index (χ0n) is 16.7. The average molecular weight is 433 g/mol. The van der Waals surface area contributed by atoms with Crippen LogP contribution in [0.4, 0.5) is 5.69 Å². The summed E-state index contributed by atoms with van der Waals surface area (Å²) in [7, 11) is -3.55. The number of aromatic nitrogens is 2. The standard InChI is InChI=1S/C23H20N4O3S/c1-2-25-31(29,30)18-9-7-17(8-10-18)26-23(28)20-15-22(16-11-13-24-14-12-16)27-21-6-4-3-5-19(20)21/h3-15,25H,2H2,1H3,(H,26,28). The summed E-state index contributed by atoms with van der Waals surface area (Å²) >= 11 is 0.